The van der Waals surface area contributed by atoms with Crippen LogP contribution in [-0.2, 0) is 28.6 Å². The molecule has 0 bridgehead atoms. The minimum absolute atomic E-state index is 0.0803. The summed E-state index contributed by atoms with van der Waals surface area (Å²) in [6.45, 7) is 6.52. The number of allylic oxidation sites excluding steroid dienone is 10. The number of esters is 3. The third-order valence-electron chi connectivity index (χ3n) is 15.3. The minimum atomic E-state index is -0.783. The normalized spacial score (nSPS) is 12.4. The van der Waals surface area contributed by atoms with Gasteiger partial charge in [0.15, 0.2) is 6.10 Å². The molecule has 0 rings (SSSR count). The molecule has 454 valence electrons. The molecule has 0 saturated heterocycles. The Kier molecular flexibility index (Phi) is 64.2. The van der Waals surface area contributed by atoms with Crippen molar-refractivity contribution in [1.29, 1.82) is 0 Å². The van der Waals surface area contributed by atoms with Gasteiger partial charge in [0.1, 0.15) is 13.2 Å². The average Bonchev–Trinajstić information content (AvgIpc) is 3.44. The fraction of sp³-hybridized carbons (Fsp3) is 0.819. The van der Waals surface area contributed by atoms with Gasteiger partial charge in [0.05, 0.1) is 0 Å². The maximum Gasteiger partial charge on any atom is 0.306 e. The minimum Gasteiger partial charge on any atom is -0.462 e. The van der Waals surface area contributed by atoms with Crippen LogP contribution >= 0.6 is 0 Å². The Morgan fingerprint density at radius 3 is 0.795 bits per heavy atom. The van der Waals surface area contributed by atoms with Crippen LogP contribution in [0.25, 0.3) is 0 Å². The van der Waals surface area contributed by atoms with Crippen molar-refractivity contribution in [2.45, 2.75) is 367 Å². The molecule has 1 unspecified atom stereocenters. The molecule has 6 nitrogen and oxygen atoms in total. The molecule has 0 N–H and O–H groups in total. The maximum atomic E-state index is 12.8. The molecule has 0 aromatic carbocycles. The van der Waals surface area contributed by atoms with E-state index in [2.05, 4.69) is 81.5 Å². The third-order valence-corrected chi connectivity index (χ3v) is 15.3. The lowest BCUT2D eigenvalue weighted by molar-refractivity contribution is -0.167. The molecule has 0 aliphatic heterocycles. The van der Waals surface area contributed by atoms with E-state index in [0.717, 1.165) is 96.3 Å². The first-order valence-electron chi connectivity index (χ1n) is 34.3. The quantitative estimate of drug-likeness (QED) is 0.0261. The number of unbranched alkanes of at least 4 members (excludes halogenated alkanes) is 42. The average molecular weight is 1090 g/mol. The van der Waals surface area contributed by atoms with E-state index in [1.54, 1.807) is 0 Å². The van der Waals surface area contributed by atoms with Gasteiger partial charge in [0.25, 0.3) is 0 Å². The Balaban J connectivity index is 3.98. The zero-order chi connectivity index (χ0) is 56.4. The molecule has 0 amide bonds. The van der Waals surface area contributed by atoms with Crippen molar-refractivity contribution in [1.82, 2.24) is 0 Å². The Labute approximate surface area is 485 Å². The number of carbonyl (C=O) groups is 3. The van der Waals surface area contributed by atoms with Crippen LogP contribution in [0.4, 0.5) is 0 Å². The molecule has 78 heavy (non-hydrogen) atoms. The zero-order valence-corrected chi connectivity index (χ0v) is 52.2. The van der Waals surface area contributed by atoms with Gasteiger partial charge in [0.2, 0.25) is 0 Å². The molecule has 0 spiro atoms. The van der Waals surface area contributed by atoms with E-state index in [4.69, 9.17) is 14.2 Å². The summed E-state index contributed by atoms with van der Waals surface area (Å²) in [5, 5.41) is 0. The van der Waals surface area contributed by atoms with Gasteiger partial charge in [-0.1, -0.05) is 319 Å². The van der Waals surface area contributed by atoms with Gasteiger partial charge in [-0.15, -0.1) is 0 Å². The van der Waals surface area contributed by atoms with Gasteiger partial charge in [-0.05, 0) is 83.5 Å². The SMILES string of the molecule is CC/C=C\C/C=C\C/C=C\C/C=C\CCCCCCC(=O)OC(COC(=O)CCCCCCCCCC)COC(=O)CCCCCCCCCCCCCCCCCCCCCCCCC/C=C\CCCCCCCCCC. The van der Waals surface area contributed by atoms with Crippen LogP contribution in [-0.4, -0.2) is 37.2 Å². The smallest absolute Gasteiger partial charge is 0.306 e. The third kappa shape index (κ3) is 63.9. The van der Waals surface area contributed by atoms with E-state index >= 15 is 0 Å². The molecule has 0 saturated carbocycles. The monoisotopic (exact) mass is 1090 g/mol. The van der Waals surface area contributed by atoms with Gasteiger partial charge < -0.3 is 14.2 Å². The number of rotatable bonds is 63. The molecule has 0 aliphatic carbocycles. The first-order valence-corrected chi connectivity index (χ1v) is 34.3. The highest BCUT2D eigenvalue weighted by Gasteiger charge is 2.19. The lowest BCUT2D eigenvalue weighted by Gasteiger charge is -2.18. The summed E-state index contributed by atoms with van der Waals surface area (Å²) in [5.74, 6) is -0.892. The van der Waals surface area contributed by atoms with E-state index < -0.39 is 6.10 Å². The summed E-state index contributed by atoms with van der Waals surface area (Å²) >= 11 is 0. The van der Waals surface area contributed by atoms with Crippen LogP contribution < -0.4 is 0 Å². The summed E-state index contributed by atoms with van der Waals surface area (Å²) in [6, 6.07) is 0. The molecule has 0 radical (unpaired) electrons. The maximum absolute atomic E-state index is 12.8. The van der Waals surface area contributed by atoms with Crippen LogP contribution in [0, 0.1) is 0 Å². The summed E-state index contributed by atoms with van der Waals surface area (Å²) in [7, 11) is 0. The molecule has 1 atom stereocenters. The number of carbonyl (C=O) groups excluding carboxylic acids is 3. The summed E-state index contributed by atoms with van der Waals surface area (Å²) in [6.07, 6.45) is 85.8. The van der Waals surface area contributed by atoms with Crippen LogP contribution in [0.5, 0.6) is 0 Å². The Hall–Kier alpha value is -2.89. The second-order valence-corrected chi connectivity index (χ2v) is 23.1. The van der Waals surface area contributed by atoms with Crippen LogP contribution in [0.1, 0.15) is 361 Å². The van der Waals surface area contributed by atoms with Crippen LogP contribution in [0.15, 0.2) is 60.8 Å². The standard InChI is InChI=1S/C72H130O6/c1-4-7-10-13-16-19-21-23-25-27-28-29-30-31-32-33-34-35-36-37-38-39-40-41-42-43-44-46-47-49-51-53-56-59-62-65-71(74)77-68-69(67-76-70(73)64-61-58-55-18-15-12-9-6-3)78-72(75)66-63-60-57-54-52-50-48-45-26-24-22-20-17-14-11-8-5-2/h8,11,17,20,24,26-28,48,50,69H,4-7,9-10,12-16,18-19,21-23,25,29-47,49,51-68H2,1-3H3/b11-8-,20-17-,26-24-,28-27-,50-48-. The number of ether oxygens (including phenoxy) is 3. The van der Waals surface area contributed by atoms with Crippen molar-refractivity contribution in [2.24, 2.45) is 0 Å². The van der Waals surface area contributed by atoms with Gasteiger partial charge in [-0.25, -0.2) is 0 Å². The van der Waals surface area contributed by atoms with Crippen molar-refractivity contribution in [3.8, 4) is 0 Å². The van der Waals surface area contributed by atoms with Gasteiger partial charge in [0, 0.05) is 19.3 Å². The van der Waals surface area contributed by atoms with Crippen molar-refractivity contribution >= 4 is 17.9 Å². The van der Waals surface area contributed by atoms with E-state index in [-0.39, 0.29) is 31.1 Å². The molecular weight excluding hydrogens is 961 g/mol. The summed E-state index contributed by atoms with van der Waals surface area (Å²) in [5.41, 5.74) is 0. The lowest BCUT2D eigenvalue weighted by Crippen LogP contribution is -2.30. The molecule has 6 heteroatoms. The highest BCUT2D eigenvalue weighted by Crippen LogP contribution is 2.18. The second kappa shape index (κ2) is 66.6. The van der Waals surface area contributed by atoms with E-state index in [9.17, 15) is 14.4 Å². The molecular formula is C72H130O6. The predicted molar refractivity (Wildman–Crippen MR) is 339 cm³/mol. The van der Waals surface area contributed by atoms with Crippen molar-refractivity contribution in [3.05, 3.63) is 60.8 Å². The van der Waals surface area contributed by atoms with Crippen LogP contribution in [0.3, 0.4) is 0 Å². The Morgan fingerprint density at radius 1 is 0.269 bits per heavy atom. The van der Waals surface area contributed by atoms with Gasteiger partial charge in [-0.3, -0.25) is 14.4 Å². The van der Waals surface area contributed by atoms with Gasteiger partial charge >= 0.3 is 17.9 Å². The van der Waals surface area contributed by atoms with Crippen molar-refractivity contribution < 1.29 is 28.6 Å². The fourth-order valence-corrected chi connectivity index (χ4v) is 10.1. The predicted octanol–water partition coefficient (Wildman–Crippen LogP) is 23.5. The van der Waals surface area contributed by atoms with E-state index in [1.807, 2.05) is 0 Å². The Morgan fingerprint density at radius 2 is 0.500 bits per heavy atom. The first-order chi connectivity index (χ1) is 38.5. The number of hydrogen-bond acceptors (Lipinski definition) is 6. The highest BCUT2D eigenvalue weighted by atomic mass is 16.6. The van der Waals surface area contributed by atoms with Gasteiger partial charge in [-0.2, -0.15) is 0 Å². The summed E-state index contributed by atoms with van der Waals surface area (Å²) < 4.78 is 16.8. The topological polar surface area (TPSA) is 78.9 Å². The molecule has 0 aromatic heterocycles. The molecule has 0 aliphatic rings. The number of hydrogen-bond donors (Lipinski definition) is 0. The molecule has 0 fully saturated rings. The van der Waals surface area contributed by atoms with Crippen molar-refractivity contribution in [3.63, 3.8) is 0 Å². The molecule has 0 heterocycles. The fourth-order valence-electron chi connectivity index (χ4n) is 10.1. The van der Waals surface area contributed by atoms with Crippen molar-refractivity contribution in [2.75, 3.05) is 13.2 Å². The Bertz CT molecular complexity index is 1390. The first kappa shape index (κ1) is 75.1. The molecule has 0 aromatic rings. The summed E-state index contributed by atoms with van der Waals surface area (Å²) in [4.78, 5) is 38.1. The van der Waals surface area contributed by atoms with E-state index in [1.165, 1.54) is 225 Å². The lowest BCUT2D eigenvalue weighted by atomic mass is 10.0. The second-order valence-electron chi connectivity index (χ2n) is 23.1. The van der Waals surface area contributed by atoms with Crippen LogP contribution in [0.2, 0.25) is 0 Å². The zero-order valence-electron chi connectivity index (χ0n) is 52.2. The largest absolute Gasteiger partial charge is 0.462 e. The van der Waals surface area contributed by atoms with E-state index in [0.29, 0.717) is 19.3 Å². The highest BCUT2D eigenvalue weighted by molar-refractivity contribution is 5.71.